The van der Waals surface area contributed by atoms with Crippen molar-refractivity contribution >= 4 is 17.3 Å². The van der Waals surface area contributed by atoms with Gasteiger partial charge in [-0.1, -0.05) is 18.2 Å². The Hall–Kier alpha value is -2.33. The summed E-state index contributed by atoms with van der Waals surface area (Å²) in [5.41, 5.74) is 3.12. The number of aliphatic hydroxyl groups excluding tert-OH is 1. The molecule has 0 aliphatic heterocycles. The Morgan fingerprint density at radius 3 is 2.38 bits per heavy atom. The van der Waals surface area contributed by atoms with Gasteiger partial charge in [-0.25, -0.2) is 0 Å². The molecule has 0 fully saturated rings. The first-order valence-corrected chi connectivity index (χ1v) is 6.84. The zero-order valence-corrected chi connectivity index (χ0v) is 12.5. The van der Waals surface area contributed by atoms with Crippen LogP contribution in [-0.4, -0.2) is 25.1 Å². The molecule has 2 rings (SSSR count). The fraction of sp³-hybridized carbons (Fsp3) is 0.235. The minimum Gasteiger partial charge on any atom is -0.389 e. The van der Waals surface area contributed by atoms with E-state index in [1.807, 2.05) is 37.2 Å². The summed E-state index contributed by atoms with van der Waals surface area (Å²) >= 11 is 0. The van der Waals surface area contributed by atoms with Crippen LogP contribution in [0.15, 0.2) is 48.5 Å². The number of benzene rings is 2. The minimum absolute atomic E-state index is 0.150. The van der Waals surface area contributed by atoms with E-state index in [1.54, 1.807) is 37.3 Å². The Kier molecular flexibility index (Phi) is 4.60. The van der Waals surface area contributed by atoms with Crippen molar-refractivity contribution < 1.29 is 9.90 Å². The number of anilines is 2. The Bertz CT molecular complexity index is 619. The summed E-state index contributed by atoms with van der Waals surface area (Å²) < 4.78 is 0. The summed E-state index contributed by atoms with van der Waals surface area (Å²) in [4.78, 5) is 14.2. The summed E-state index contributed by atoms with van der Waals surface area (Å²) in [6.07, 6.45) is -0.508. The Labute approximate surface area is 125 Å². The minimum atomic E-state index is -0.508. The second-order valence-electron chi connectivity index (χ2n) is 5.20. The quantitative estimate of drug-likeness (QED) is 0.907. The van der Waals surface area contributed by atoms with Crippen molar-refractivity contribution in [1.82, 2.24) is 0 Å². The van der Waals surface area contributed by atoms with Gasteiger partial charge in [0.1, 0.15) is 0 Å². The average Bonchev–Trinajstić information content (AvgIpc) is 2.48. The summed E-state index contributed by atoms with van der Waals surface area (Å²) in [5.74, 6) is -0.150. The third kappa shape index (κ3) is 3.83. The van der Waals surface area contributed by atoms with Crippen molar-refractivity contribution in [2.45, 2.75) is 13.0 Å². The normalized spacial score (nSPS) is 11.8. The van der Waals surface area contributed by atoms with Crippen molar-refractivity contribution in [3.05, 3.63) is 59.7 Å². The van der Waals surface area contributed by atoms with Crippen LogP contribution in [0.25, 0.3) is 0 Å². The molecule has 1 amide bonds. The van der Waals surface area contributed by atoms with Crippen molar-refractivity contribution in [3.8, 4) is 0 Å². The van der Waals surface area contributed by atoms with Crippen molar-refractivity contribution in [2.24, 2.45) is 0 Å². The van der Waals surface area contributed by atoms with Crippen molar-refractivity contribution in [1.29, 1.82) is 0 Å². The number of rotatable bonds is 4. The van der Waals surface area contributed by atoms with Crippen LogP contribution in [0.1, 0.15) is 28.9 Å². The number of hydrogen-bond acceptors (Lipinski definition) is 3. The fourth-order valence-corrected chi connectivity index (χ4v) is 1.97. The molecule has 0 bridgehead atoms. The van der Waals surface area contributed by atoms with Gasteiger partial charge < -0.3 is 15.3 Å². The van der Waals surface area contributed by atoms with Gasteiger partial charge in [0.15, 0.2) is 0 Å². The number of nitrogens with one attached hydrogen (secondary N) is 1. The number of hydrogen-bond donors (Lipinski definition) is 2. The van der Waals surface area contributed by atoms with Gasteiger partial charge in [0, 0.05) is 31.0 Å². The molecule has 2 aromatic carbocycles. The van der Waals surface area contributed by atoms with E-state index in [0.29, 0.717) is 11.3 Å². The Morgan fingerprint density at radius 2 is 1.81 bits per heavy atom. The molecule has 0 spiro atoms. The molecule has 0 aliphatic carbocycles. The van der Waals surface area contributed by atoms with Crippen LogP contribution in [0.2, 0.25) is 0 Å². The first kappa shape index (κ1) is 15.1. The van der Waals surface area contributed by atoms with Gasteiger partial charge >= 0.3 is 0 Å². The van der Waals surface area contributed by atoms with E-state index in [-0.39, 0.29) is 5.91 Å². The molecular formula is C17H20N2O2. The van der Waals surface area contributed by atoms with Gasteiger partial charge in [-0.2, -0.15) is 0 Å². The third-order valence-corrected chi connectivity index (χ3v) is 3.28. The zero-order chi connectivity index (χ0) is 15.4. The summed E-state index contributed by atoms with van der Waals surface area (Å²) in [7, 11) is 3.87. The lowest BCUT2D eigenvalue weighted by Crippen LogP contribution is -2.14. The highest BCUT2D eigenvalue weighted by atomic mass is 16.3. The monoisotopic (exact) mass is 284 g/mol. The third-order valence-electron chi connectivity index (χ3n) is 3.28. The number of amides is 1. The lowest BCUT2D eigenvalue weighted by molar-refractivity contribution is 0.102. The van der Waals surface area contributed by atoms with E-state index in [1.165, 1.54) is 0 Å². The van der Waals surface area contributed by atoms with Gasteiger partial charge in [0.2, 0.25) is 0 Å². The fourth-order valence-electron chi connectivity index (χ4n) is 1.97. The number of carbonyl (C=O) groups is 1. The predicted molar refractivity (Wildman–Crippen MR) is 85.8 cm³/mol. The molecular weight excluding hydrogens is 264 g/mol. The molecule has 0 saturated heterocycles. The van der Waals surface area contributed by atoms with Crippen LogP contribution in [0, 0.1) is 0 Å². The van der Waals surface area contributed by atoms with Crippen LogP contribution in [0.4, 0.5) is 11.4 Å². The molecule has 4 heteroatoms. The van der Waals surface area contributed by atoms with Crippen LogP contribution in [0.5, 0.6) is 0 Å². The van der Waals surface area contributed by atoms with Crippen molar-refractivity contribution in [2.75, 3.05) is 24.3 Å². The Balaban J connectivity index is 2.12. The van der Waals surface area contributed by atoms with Crippen molar-refractivity contribution in [3.63, 3.8) is 0 Å². The lowest BCUT2D eigenvalue weighted by Gasteiger charge is -2.13. The van der Waals surface area contributed by atoms with Crippen LogP contribution in [0.3, 0.4) is 0 Å². The molecule has 21 heavy (non-hydrogen) atoms. The SMILES string of the molecule is CC(O)c1ccc(NC(=O)c2cccc(N(C)C)c2)cc1. The first-order valence-electron chi connectivity index (χ1n) is 6.84. The second kappa shape index (κ2) is 6.41. The first-order chi connectivity index (χ1) is 9.97. The van der Waals surface area contributed by atoms with Gasteiger partial charge in [-0.15, -0.1) is 0 Å². The summed E-state index contributed by atoms with van der Waals surface area (Å²) in [5, 5.41) is 12.3. The standard InChI is InChI=1S/C17H20N2O2/c1-12(20)13-7-9-15(10-8-13)18-17(21)14-5-4-6-16(11-14)19(2)3/h4-12,20H,1-3H3,(H,18,21). The molecule has 2 aromatic rings. The molecule has 0 saturated carbocycles. The number of nitrogens with zero attached hydrogens (tertiary/aromatic N) is 1. The molecule has 0 heterocycles. The molecule has 1 atom stereocenters. The van der Waals surface area contributed by atoms with Gasteiger partial charge in [0.05, 0.1) is 6.10 Å². The van der Waals surface area contributed by atoms with E-state index in [0.717, 1.165) is 11.3 Å². The average molecular weight is 284 g/mol. The molecule has 0 radical (unpaired) electrons. The van der Waals surface area contributed by atoms with E-state index < -0.39 is 6.10 Å². The van der Waals surface area contributed by atoms with E-state index in [4.69, 9.17) is 0 Å². The molecule has 4 nitrogen and oxygen atoms in total. The van der Waals surface area contributed by atoms with Crippen LogP contribution >= 0.6 is 0 Å². The van der Waals surface area contributed by atoms with Crippen LogP contribution < -0.4 is 10.2 Å². The highest BCUT2D eigenvalue weighted by molar-refractivity contribution is 6.04. The van der Waals surface area contributed by atoms with Gasteiger partial charge in [-0.05, 0) is 42.8 Å². The zero-order valence-electron chi connectivity index (χ0n) is 12.5. The molecule has 110 valence electrons. The highest BCUT2D eigenvalue weighted by Gasteiger charge is 2.08. The maximum atomic E-state index is 12.2. The smallest absolute Gasteiger partial charge is 0.255 e. The predicted octanol–water partition coefficient (Wildman–Crippen LogP) is 3.06. The Morgan fingerprint density at radius 1 is 1.14 bits per heavy atom. The van der Waals surface area contributed by atoms with E-state index in [9.17, 15) is 9.90 Å². The number of carbonyl (C=O) groups excluding carboxylic acids is 1. The van der Waals surface area contributed by atoms with Gasteiger partial charge in [0.25, 0.3) is 5.91 Å². The topological polar surface area (TPSA) is 52.6 Å². The summed E-state index contributed by atoms with van der Waals surface area (Å²) in [6, 6.07) is 14.6. The molecule has 0 aliphatic rings. The summed E-state index contributed by atoms with van der Waals surface area (Å²) in [6.45, 7) is 1.71. The maximum absolute atomic E-state index is 12.2. The largest absolute Gasteiger partial charge is 0.389 e. The number of aliphatic hydroxyl groups is 1. The second-order valence-corrected chi connectivity index (χ2v) is 5.20. The molecule has 2 N–H and O–H groups in total. The van der Waals surface area contributed by atoms with E-state index in [2.05, 4.69) is 5.32 Å². The highest BCUT2D eigenvalue weighted by Crippen LogP contribution is 2.18. The lowest BCUT2D eigenvalue weighted by atomic mass is 10.1. The maximum Gasteiger partial charge on any atom is 0.255 e. The molecule has 0 aromatic heterocycles. The van der Waals surface area contributed by atoms with Gasteiger partial charge in [-0.3, -0.25) is 4.79 Å². The van der Waals surface area contributed by atoms with E-state index >= 15 is 0 Å². The van der Waals surface area contributed by atoms with Crippen LogP contribution in [-0.2, 0) is 0 Å². The molecule has 1 unspecified atom stereocenters.